The predicted octanol–water partition coefficient (Wildman–Crippen LogP) is 4.17. The summed E-state index contributed by atoms with van der Waals surface area (Å²) in [6.45, 7) is 1.69. The molecule has 0 unspecified atom stereocenters. The fraction of sp³-hybridized carbons (Fsp3) is 0.333. The van der Waals surface area contributed by atoms with E-state index in [9.17, 15) is 22.8 Å². The summed E-state index contributed by atoms with van der Waals surface area (Å²) in [7, 11) is 0. The van der Waals surface area contributed by atoms with E-state index in [2.05, 4.69) is 4.74 Å². The first-order valence-electron chi connectivity index (χ1n) is 9.57. The van der Waals surface area contributed by atoms with Crippen molar-refractivity contribution in [1.82, 2.24) is 9.47 Å². The molecule has 0 atom stereocenters. The molecular weight excluding hydrogens is 401 g/mol. The number of aryl methyl sites for hydroxylation is 1. The van der Waals surface area contributed by atoms with Crippen LogP contribution >= 0.6 is 0 Å². The number of nitrogens with zero attached hydrogens (tertiary/aromatic N) is 2. The average Bonchev–Trinajstić information content (AvgIpc) is 3.33. The van der Waals surface area contributed by atoms with Gasteiger partial charge in [-0.05, 0) is 48.2 Å². The van der Waals surface area contributed by atoms with Gasteiger partial charge in [0.05, 0.1) is 5.52 Å². The van der Waals surface area contributed by atoms with Crippen molar-refractivity contribution in [3.05, 3.63) is 53.0 Å². The zero-order valence-electron chi connectivity index (χ0n) is 15.9. The molecule has 1 saturated heterocycles. The van der Waals surface area contributed by atoms with E-state index in [-0.39, 0.29) is 24.6 Å². The van der Waals surface area contributed by atoms with Crippen molar-refractivity contribution in [1.29, 1.82) is 0 Å². The number of aromatic nitrogens is 1. The van der Waals surface area contributed by atoms with Crippen LogP contribution in [0.1, 0.15) is 19.3 Å². The Morgan fingerprint density at radius 2 is 1.70 bits per heavy atom. The van der Waals surface area contributed by atoms with Gasteiger partial charge in [0, 0.05) is 26.1 Å². The van der Waals surface area contributed by atoms with Crippen LogP contribution in [0.15, 0.2) is 51.7 Å². The molecule has 30 heavy (non-hydrogen) atoms. The van der Waals surface area contributed by atoms with Crippen LogP contribution in [0.3, 0.4) is 0 Å². The number of alkyl halides is 3. The molecule has 1 aliphatic rings. The van der Waals surface area contributed by atoms with E-state index in [1.54, 1.807) is 23.1 Å². The van der Waals surface area contributed by atoms with Crippen molar-refractivity contribution in [2.45, 2.75) is 32.2 Å². The molecule has 4 rings (SSSR count). The summed E-state index contributed by atoms with van der Waals surface area (Å²) >= 11 is 0. The molecule has 2 aromatic carbocycles. The van der Waals surface area contributed by atoms with Gasteiger partial charge in [0.15, 0.2) is 5.58 Å². The van der Waals surface area contributed by atoms with Crippen molar-refractivity contribution < 1.29 is 27.1 Å². The molecule has 1 amide bonds. The molecule has 0 bridgehead atoms. The number of oxazole rings is 1. The van der Waals surface area contributed by atoms with Crippen molar-refractivity contribution in [2.75, 3.05) is 13.1 Å². The monoisotopic (exact) mass is 420 g/mol. The fourth-order valence-corrected chi connectivity index (χ4v) is 3.63. The van der Waals surface area contributed by atoms with Gasteiger partial charge in [-0.1, -0.05) is 18.2 Å². The standard InChI is InChI=1S/C21H19F3N2O4/c22-21(23,24)30-16-6-3-14(4-7-16)15-5-8-18-17(13-15)26(20(28)29-18)12-9-19(27)25-10-1-2-11-25/h3-8,13H,1-2,9-12H2. The Balaban J connectivity index is 1.56. The lowest BCUT2D eigenvalue weighted by atomic mass is 10.1. The average molecular weight is 420 g/mol. The van der Waals surface area contributed by atoms with Crippen LogP contribution in [-0.2, 0) is 11.3 Å². The second-order valence-electron chi connectivity index (χ2n) is 7.11. The summed E-state index contributed by atoms with van der Waals surface area (Å²) in [5.41, 5.74) is 2.26. The molecule has 0 aliphatic carbocycles. The third-order valence-electron chi connectivity index (χ3n) is 5.10. The van der Waals surface area contributed by atoms with Crippen LogP contribution < -0.4 is 10.5 Å². The highest BCUT2D eigenvalue weighted by atomic mass is 19.4. The van der Waals surface area contributed by atoms with Crippen molar-refractivity contribution >= 4 is 17.0 Å². The molecule has 0 spiro atoms. The maximum Gasteiger partial charge on any atom is 0.573 e. The van der Waals surface area contributed by atoms with Gasteiger partial charge in [-0.2, -0.15) is 0 Å². The molecule has 1 aromatic heterocycles. The van der Waals surface area contributed by atoms with Gasteiger partial charge in [-0.3, -0.25) is 9.36 Å². The van der Waals surface area contributed by atoms with E-state index in [4.69, 9.17) is 4.42 Å². The molecule has 9 heteroatoms. The summed E-state index contributed by atoms with van der Waals surface area (Å²) in [5.74, 6) is -0.858. The maximum atomic E-state index is 12.3. The predicted molar refractivity (Wildman–Crippen MR) is 103 cm³/mol. The van der Waals surface area contributed by atoms with Gasteiger partial charge in [-0.15, -0.1) is 13.2 Å². The van der Waals surface area contributed by atoms with Gasteiger partial charge in [0.1, 0.15) is 5.75 Å². The normalized spacial score (nSPS) is 14.4. The van der Waals surface area contributed by atoms with E-state index in [0.29, 0.717) is 22.2 Å². The topological polar surface area (TPSA) is 64.7 Å². The second-order valence-corrected chi connectivity index (χ2v) is 7.11. The van der Waals surface area contributed by atoms with E-state index in [1.807, 2.05) is 0 Å². The number of rotatable bonds is 5. The highest BCUT2D eigenvalue weighted by molar-refractivity contribution is 5.81. The van der Waals surface area contributed by atoms with Crippen molar-refractivity contribution in [3.63, 3.8) is 0 Å². The zero-order valence-corrected chi connectivity index (χ0v) is 15.9. The van der Waals surface area contributed by atoms with E-state index < -0.39 is 12.1 Å². The Bertz CT molecular complexity index is 1110. The molecule has 6 nitrogen and oxygen atoms in total. The first kappa shape index (κ1) is 20.1. The summed E-state index contributed by atoms with van der Waals surface area (Å²) < 4.78 is 47.5. The number of benzene rings is 2. The molecule has 0 radical (unpaired) electrons. The summed E-state index contributed by atoms with van der Waals surface area (Å²) in [6.07, 6.45) is -2.56. The van der Waals surface area contributed by atoms with Gasteiger partial charge < -0.3 is 14.1 Å². The molecule has 0 N–H and O–H groups in total. The first-order valence-corrected chi connectivity index (χ1v) is 9.57. The largest absolute Gasteiger partial charge is 0.573 e. The number of carbonyl (C=O) groups excluding carboxylic acids is 1. The lowest BCUT2D eigenvalue weighted by Gasteiger charge is -2.15. The number of fused-ring (bicyclic) bond motifs is 1. The number of ether oxygens (including phenoxy) is 1. The lowest BCUT2D eigenvalue weighted by Crippen LogP contribution is -2.29. The van der Waals surface area contributed by atoms with Crippen molar-refractivity contribution in [3.8, 4) is 16.9 Å². The minimum atomic E-state index is -4.75. The number of amides is 1. The summed E-state index contributed by atoms with van der Waals surface area (Å²) in [4.78, 5) is 26.3. The smallest absolute Gasteiger partial charge is 0.408 e. The van der Waals surface area contributed by atoms with Crippen LogP contribution in [0, 0.1) is 0 Å². The third-order valence-corrected chi connectivity index (χ3v) is 5.10. The number of hydrogen-bond donors (Lipinski definition) is 0. The first-order chi connectivity index (χ1) is 14.3. The van der Waals surface area contributed by atoms with Gasteiger partial charge in [0.25, 0.3) is 0 Å². The Morgan fingerprint density at radius 3 is 2.37 bits per heavy atom. The SMILES string of the molecule is O=C(CCn1c(=O)oc2ccc(-c3ccc(OC(F)(F)F)cc3)cc21)N1CCCC1. The Kier molecular flexibility index (Phi) is 5.27. The van der Waals surface area contributed by atoms with Crippen LogP contribution in [-0.4, -0.2) is 34.8 Å². The van der Waals surface area contributed by atoms with Crippen LogP contribution in [0.25, 0.3) is 22.2 Å². The summed E-state index contributed by atoms with van der Waals surface area (Å²) in [6, 6.07) is 10.5. The van der Waals surface area contributed by atoms with E-state index in [0.717, 1.165) is 25.9 Å². The van der Waals surface area contributed by atoms with E-state index >= 15 is 0 Å². The Hall–Kier alpha value is -3.23. The summed E-state index contributed by atoms with van der Waals surface area (Å²) in [5, 5.41) is 0. The molecule has 158 valence electrons. The molecule has 0 saturated carbocycles. The minimum absolute atomic E-state index is 0.00478. The van der Waals surface area contributed by atoms with Crippen molar-refractivity contribution in [2.24, 2.45) is 0 Å². The number of carbonyl (C=O) groups is 1. The van der Waals surface area contributed by atoms with Crippen LogP contribution in [0.2, 0.25) is 0 Å². The molecule has 2 heterocycles. The van der Waals surface area contributed by atoms with E-state index in [1.165, 1.54) is 28.8 Å². The molecule has 1 fully saturated rings. The second kappa shape index (κ2) is 7.89. The lowest BCUT2D eigenvalue weighted by molar-refractivity contribution is -0.274. The zero-order chi connectivity index (χ0) is 21.3. The fourth-order valence-electron chi connectivity index (χ4n) is 3.63. The van der Waals surface area contributed by atoms with Gasteiger partial charge in [0.2, 0.25) is 5.91 Å². The molecule has 3 aromatic rings. The molecular formula is C21H19F3N2O4. The highest BCUT2D eigenvalue weighted by Crippen LogP contribution is 2.28. The van der Waals surface area contributed by atoms with Crippen LogP contribution in [0.4, 0.5) is 13.2 Å². The number of hydrogen-bond acceptors (Lipinski definition) is 4. The van der Waals surface area contributed by atoms with Gasteiger partial charge in [-0.25, -0.2) is 4.79 Å². The highest BCUT2D eigenvalue weighted by Gasteiger charge is 2.31. The maximum absolute atomic E-state index is 12.3. The number of likely N-dealkylation sites (tertiary alicyclic amines) is 1. The minimum Gasteiger partial charge on any atom is -0.408 e. The van der Waals surface area contributed by atoms with Gasteiger partial charge >= 0.3 is 12.1 Å². The third kappa shape index (κ3) is 4.34. The molecule has 1 aliphatic heterocycles. The quantitative estimate of drug-likeness (QED) is 0.622. The Labute approximate surface area is 169 Å². The number of halogens is 3. The Morgan fingerprint density at radius 1 is 1.03 bits per heavy atom. The van der Waals surface area contributed by atoms with Crippen LogP contribution in [0.5, 0.6) is 5.75 Å².